The lowest BCUT2D eigenvalue weighted by atomic mass is 10.0. The van der Waals surface area contributed by atoms with E-state index in [2.05, 4.69) is 16.4 Å². The van der Waals surface area contributed by atoms with Crippen LogP contribution >= 0.6 is 0 Å². The van der Waals surface area contributed by atoms with Gasteiger partial charge in [0.15, 0.2) is 6.10 Å². The molecule has 0 aliphatic heterocycles. The highest BCUT2D eigenvalue weighted by atomic mass is 16.5. The van der Waals surface area contributed by atoms with Crippen LogP contribution in [0, 0.1) is 11.3 Å². The SMILES string of the molecule is CCCC(Oc1ccc2ccnc(N)c2c1)C(=O)Nc1ccc(-c2ccccc2C#N)cc1. The highest BCUT2D eigenvalue weighted by Crippen LogP contribution is 2.27. The predicted octanol–water partition coefficient (Wildman–Crippen LogP) is 5.54. The van der Waals surface area contributed by atoms with E-state index in [-0.39, 0.29) is 5.91 Å². The van der Waals surface area contributed by atoms with Crippen LogP contribution in [-0.2, 0) is 4.79 Å². The van der Waals surface area contributed by atoms with E-state index in [9.17, 15) is 10.1 Å². The normalized spacial score (nSPS) is 11.5. The van der Waals surface area contributed by atoms with Crippen molar-refractivity contribution in [3.8, 4) is 22.9 Å². The molecule has 33 heavy (non-hydrogen) atoms. The highest BCUT2D eigenvalue weighted by molar-refractivity contribution is 5.95. The molecule has 0 saturated heterocycles. The molecule has 1 aromatic heterocycles. The predicted molar refractivity (Wildman–Crippen MR) is 131 cm³/mol. The zero-order valence-corrected chi connectivity index (χ0v) is 18.3. The van der Waals surface area contributed by atoms with Crippen molar-refractivity contribution in [3.05, 3.63) is 84.6 Å². The van der Waals surface area contributed by atoms with Crippen LogP contribution in [0.5, 0.6) is 5.75 Å². The van der Waals surface area contributed by atoms with Gasteiger partial charge in [-0.2, -0.15) is 5.26 Å². The number of nitrogens with zero attached hydrogens (tertiary/aromatic N) is 2. The molecule has 0 bridgehead atoms. The van der Waals surface area contributed by atoms with Crippen LogP contribution in [0.15, 0.2) is 79.0 Å². The number of rotatable bonds is 7. The molecule has 1 unspecified atom stereocenters. The van der Waals surface area contributed by atoms with Crippen LogP contribution in [0.1, 0.15) is 25.3 Å². The van der Waals surface area contributed by atoms with Gasteiger partial charge in [0.05, 0.1) is 11.6 Å². The lowest BCUT2D eigenvalue weighted by molar-refractivity contribution is -0.123. The summed E-state index contributed by atoms with van der Waals surface area (Å²) < 4.78 is 6.04. The van der Waals surface area contributed by atoms with Gasteiger partial charge < -0.3 is 15.8 Å². The first kappa shape index (κ1) is 21.8. The molecule has 4 aromatic rings. The molecule has 0 saturated carbocycles. The van der Waals surface area contributed by atoms with Crippen molar-refractivity contribution >= 4 is 28.2 Å². The largest absolute Gasteiger partial charge is 0.481 e. The summed E-state index contributed by atoms with van der Waals surface area (Å²) in [5, 5.41) is 14.0. The highest BCUT2D eigenvalue weighted by Gasteiger charge is 2.20. The van der Waals surface area contributed by atoms with E-state index in [1.54, 1.807) is 12.3 Å². The van der Waals surface area contributed by atoms with Gasteiger partial charge in [-0.25, -0.2) is 4.98 Å². The number of benzene rings is 3. The minimum atomic E-state index is -0.649. The van der Waals surface area contributed by atoms with Crippen molar-refractivity contribution in [1.82, 2.24) is 4.98 Å². The maximum atomic E-state index is 13.0. The smallest absolute Gasteiger partial charge is 0.265 e. The summed E-state index contributed by atoms with van der Waals surface area (Å²) in [7, 11) is 0. The van der Waals surface area contributed by atoms with Crippen molar-refractivity contribution < 1.29 is 9.53 Å². The Morgan fingerprint density at radius 3 is 2.67 bits per heavy atom. The second-order valence-corrected chi connectivity index (χ2v) is 7.70. The Hall–Kier alpha value is -4.37. The Kier molecular flexibility index (Phi) is 6.51. The maximum absolute atomic E-state index is 13.0. The molecule has 0 aliphatic carbocycles. The summed E-state index contributed by atoms with van der Waals surface area (Å²) in [5.41, 5.74) is 9.02. The standard InChI is InChI=1S/C27H24N4O2/c1-2-5-25(33-22-13-10-19-14-15-30-26(29)24(19)16-22)27(32)31-21-11-8-18(9-12-21)23-7-4-3-6-20(23)17-28/h3-4,6-16,25H,2,5H2,1H3,(H2,29,30)(H,31,32). The summed E-state index contributed by atoms with van der Waals surface area (Å²) in [6, 6.07) is 24.5. The van der Waals surface area contributed by atoms with Crippen LogP contribution < -0.4 is 15.8 Å². The van der Waals surface area contributed by atoms with Gasteiger partial charge in [0.25, 0.3) is 5.91 Å². The van der Waals surface area contributed by atoms with Gasteiger partial charge in [-0.15, -0.1) is 0 Å². The average molecular weight is 437 g/mol. The number of anilines is 2. The first-order chi connectivity index (χ1) is 16.1. The minimum absolute atomic E-state index is 0.221. The molecule has 0 fully saturated rings. The molecule has 0 aliphatic rings. The quantitative estimate of drug-likeness (QED) is 0.396. The van der Waals surface area contributed by atoms with Gasteiger partial charge in [-0.05, 0) is 59.3 Å². The van der Waals surface area contributed by atoms with E-state index < -0.39 is 6.10 Å². The van der Waals surface area contributed by atoms with Crippen molar-refractivity contribution in [1.29, 1.82) is 5.26 Å². The zero-order chi connectivity index (χ0) is 23.2. The monoisotopic (exact) mass is 436 g/mol. The summed E-state index contributed by atoms with van der Waals surface area (Å²) in [6.45, 7) is 2.01. The van der Waals surface area contributed by atoms with E-state index in [0.717, 1.165) is 28.3 Å². The van der Waals surface area contributed by atoms with Gasteiger partial charge in [0, 0.05) is 17.3 Å². The first-order valence-corrected chi connectivity index (χ1v) is 10.8. The van der Waals surface area contributed by atoms with E-state index in [0.29, 0.717) is 29.2 Å². The van der Waals surface area contributed by atoms with Gasteiger partial charge >= 0.3 is 0 Å². The third-order valence-corrected chi connectivity index (χ3v) is 5.40. The van der Waals surface area contributed by atoms with Gasteiger partial charge in [0.1, 0.15) is 11.6 Å². The zero-order valence-electron chi connectivity index (χ0n) is 18.3. The molecule has 1 atom stereocenters. The fraction of sp³-hybridized carbons (Fsp3) is 0.148. The molecule has 1 amide bonds. The van der Waals surface area contributed by atoms with Crippen LogP contribution in [0.4, 0.5) is 11.5 Å². The van der Waals surface area contributed by atoms with Crippen LogP contribution in [-0.4, -0.2) is 17.0 Å². The number of amides is 1. The van der Waals surface area contributed by atoms with Crippen molar-refractivity contribution in [2.45, 2.75) is 25.9 Å². The summed E-state index contributed by atoms with van der Waals surface area (Å²) in [4.78, 5) is 17.1. The molecule has 0 spiro atoms. The topological polar surface area (TPSA) is 101 Å². The first-order valence-electron chi connectivity index (χ1n) is 10.8. The Balaban J connectivity index is 1.49. The van der Waals surface area contributed by atoms with Crippen molar-refractivity contribution in [2.24, 2.45) is 0 Å². The molecule has 4 rings (SSSR count). The lowest BCUT2D eigenvalue weighted by Gasteiger charge is -2.19. The van der Waals surface area contributed by atoms with E-state index >= 15 is 0 Å². The minimum Gasteiger partial charge on any atom is -0.481 e. The number of nitrogens with two attached hydrogens (primary N) is 1. The molecule has 1 heterocycles. The number of nitrogen functional groups attached to an aromatic ring is 1. The van der Waals surface area contributed by atoms with Crippen LogP contribution in [0.3, 0.4) is 0 Å². The molecular formula is C27H24N4O2. The number of ether oxygens (including phenoxy) is 1. The number of pyridine rings is 1. The molecule has 6 heteroatoms. The molecular weight excluding hydrogens is 412 g/mol. The number of carbonyl (C=O) groups excluding carboxylic acids is 1. The van der Waals surface area contributed by atoms with E-state index in [1.165, 1.54) is 0 Å². The molecule has 3 N–H and O–H groups in total. The lowest BCUT2D eigenvalue weighted by Crippen LogP contribution is -2.32. The van der Waals surface area contributed by atoms with Gasteiger partial charge in [0.2, 0.25) is 0 Å². The van der Waals surface area contributed by atoms with Crippen LogP contribution in [0.2, 0.25) is 0 Å². The Labute approximate surface area is 192 Å². The van der Waals surface area contributed by atoms with Crippen molar-refractivity contribution in [3.63, 3.8) is 0 Å². The van der Waals surface area contributed by atoms with E-state index in [1.807, 2.05) is 73.7 Å². The fourth-order valence-corrected chi connectivity index (χ4v) is 3.70. The molecule has 3 aromatic carbocycles. The third kappa shape index (κ3) is 4.94. The average Bonchev–Trinajstić information content (AvgIpc) is 2.84. The Morgan fingerprint density at radius 2 is 1.91 bits per heavy atom. The number of hydrogen-bond acceptors (Lipinski definition) is 5. The Morgan fingerprint density at radius 1 is 1.12 bits per heavy atom. The number of fused-ring (bicyclic) bond motifs is 1. The number of nitriles is 1. The third-order valence-electron chi connectivity index (χ3n) is 5.40. The number of aromatic nitrogens is 1. The van der Waals surface area contributed by atoms with Crippen LogP contribution in [0.25, 0.3) is 21.9 Å². The maximum Gasteiger partial charge on any atom is 0.265 e. The van der Waals surface area contributed by atoms with Gasteiger partial charge in [-0.1, -0.05) is 49.7 Å². The summed E-state index contributed by atoms with van der Waals surface area (Å²) >= 11 is 0. The Bertz CT molecular complexity index is 1330. The fourth-order valence-electron chi connectivity index (χ4n) is 3.70. The second-order valence-electron chi connectivity index (χ2n) is 7.70. The van der Waals surface area contributed by atoms with Gasteiger partial charge in [-0.3, -0.25) is 4.79 Å². The summed E-state index contributed by atoms with van der Waals surface area (Å²) in [6.07, 6.45) is 2.37. The molecule has 0 radical (unpaired) electrons. The number of carbonyl (C=O) groups is 1. The molecule has 164 valence electrons. The number of hydrogen-bond donors (Lipinski definition) is 2. The van der Waals surface area contributed by atoms with Crippen molar-refractivity contribution in [2.75, 3.05) is 11.1 Å². The second kappa shape index (κ2) is 9.84. The molecule has 6 nitrogen and oxygen atoms in total. The summed E-state index contributed by atoms with van der Waals surface area (Å²) in [5.74, 6) is 0.771. The van der Waals surface area contributed by atoms with E-state index in [4.69, 9.17) is 10.5 Å². The number of nitrogens with one attached hydrogen (secondary N) is 1.